The molecule has 2 aromatic carbocycles. The van der Waals surface area contributed by atoms with Gasteiger partial charge in [0.1, 0.15) is 0 Å². The van der Waals surface area contributed by atoms with E-state index in [0.717, 1.165) is 5.56 Å². The van der Waals surface area contributed by atoms with Crippen LogP contribution in [-0.2, 0) is 11.3 Å². The van der Waals surface area contributed by atoms with Crippen molar-refractivity contribution in [2.24, 2.45) is 0 Å². The Labute approximate surface area is 146 Å². The summed E-state index contributed by atoms with van der Waals surface area (Å²) in [5, 5.41) is 11.6. The summed E-state index contributed by atoms with van der Waals surface area (Å²) < 4.78 is 18.7. The molecule has 0 bridgehead atoms. The number of ether oxygens (including phenoxy) is 1. The van der Waals surface area contributed by atoms with Gasteiger partial charge in [0.2, 0.25) is 5.91 Å². The van der Waals surface area contributed by atoms with Gasteiger partial charge in [-0.25, -0.2) is 4.39 Å². The molecule has 1 amide bonds. The Morgan fingerprint density at radius 2 is 2.00 bits per heavy atom. The van der Waals surface area contributed by atoms with Crippen molar-refractivity contribution in [1.29, 1.82) is 5.26 Å². The van der Waals surface area contributed by atoms with Gasteiger partial charge in [-0.15, -0.1) is 0 Å². The van der Waals surface area contributed by atoms with E-state index in [-0.39, 0.29) is 11.7 Å². The zero-order chi connectivity index (χ0) is 18.4. The fourth-order valence-electron chi connectivity index (χ4n) is 2.31. The molecule has 0 radical (unpaired) electrons. The Kier molecular flexibility index (Phi) is 6.09. The highest BCUT2D eigenvalue weighted by molar-refractivity contribution is 5.94. The van der Waals surface area contributed by atoms with Gasteiger partial charge in [0.15, 0.2) is 11.6 Å². The van der Waals surface area contributed by atoms with Crippen molar-refractivity contribution in [2.45, 2.75) is 19.5 Å². The smallest absolute Gasteiger partial charge is 0.241 e. The minimum Gasteiger partial charge on any atom is -0.494 e. The molecule has 0 fully saturated rings. The molecule has 0 aromatic heterocycles. The normalized spacial score (nSPS) is 11.7. The third-order valence-electron chi connectivity index (χ3n) is 3.97. The van der Waals surface area contributed by atoms with E-state index in [0.29, 0.717) is 17.8 Å². The SMILES string of the molecule is COc1ccc(CN(C)[C@H](C)C(=O)Nc2ccc(C#N)cc2)cc1F. The summed E-state index contributed by atoms with van der Waals surface area (Å²) in [6.45, 7) is 2.20. The molecule has 0 saturated carbocycles. The lowest BCUT2D eigenvalue weighted by Gasteiger charge is -2.24. The molecule has 2 aromatic rings. The number of carbonyl (C=O) groups is 1. The summed E-state index contributed by atoms with van der Waals surface area (Å²) >= 11 is 0. The number of methoxy groups -OCH3 is 1. The average molecular weight is 341 g/mol. The van der Waals surface area contributed by atoms with Gasteiger partial charge >= 0.3 is 0 Å². The first kappa shape index (κ1) is 18.4. The molecule has 5 nitrogen and oxygen atoms in total. The second-order valence-corrected chi connectivity index (χ2v) is 5.74. The largest absolute Gasteiger partial charge is 0.494 e. The maximum absolute atomic E-state index is 13.8. The highest BCUT2D eigenvalue weighted by atomic mass is 19.1. The zero-order valence-electron chi connectivity index (χ0n) is 14.4. The maximum atomic E-state index is 13.8. The third kappa shape index (κ3) is 4.78. The van der Waals surface area contributed by atoms with E-state index >= 15 is 0 Å². The molecule has 0 aliphatic heterocycles. The molecule has 0 spiro atoms. The Morgan fingerprint density at radius 3 is 2.56 bits per heavy atom. The number of carbonyl (C=O) groups excluding carboxylic acids is 1. The number of halogens is 1. The lowest BCUT2D eigenvalue weighted by molar-refractivity contribution is -0.120. The van der Waals surface area contributed by atoms with Gasteiger partial charge in [0, 0.05) is 12.2 Å². The van der Waals surface area contributed by atoms with Crippen LogP contribution >= 0.6 is 0 Å². The average Bonchev–Trinajstić information content (AvgIpc) is 2.61. The fraction of sp³-hybridized carbons (Fsp3) is 0.263. The Morgan fingerprint density at radius 1 is 1.32 bits per heavy atom. The van der Waals surface area contributed by atoms with Crippen LogP contribution in [-0.4, -0.2) is 31.0 Å². The summed E-state index contributed by atoms with van der Waals surface area (Å²) in [4.78, 5) is 14.2. The zero-order valence-corrected chi connectivity index (χ0v) is 14.4. The maximum Gasteiger partial charge on any atom is 0.241 e. The number of anilines is 1. The second-order valence-electron chi connectivity index (χ2n) is 5.74. The monoisotopic (exact) mass is 341 g/mol. The van der Waals surface area contributed by atoms with Crippen LogP contribution in [0.15, 0.2) is 42.5 Å². The van der Waals surface area contributed by atoms with Gasteiger partial charge in [0.05, 0.1) is 24.8 Å². The first-order valence-corrected chi connectivity index (χ1v) is 7.78. The van der Waals surface area contributed by atoms with Gasteiger partial charge in [-0.1, -0.05) is 6.07 Å². The number of nitrogens with zero attached hydrogens (tertiary/aromatic N) is 2. The molecule has 25 heavy (non-hydrogen) atoms. The van der Waals surface area contributed by atoms with Crippen LogP contribution in [0, 0.1) is 17.1 Å². The Bertz CT molecular complexity index is 784. The number of likely N-dealkylation sites (N-methyl/N-ethyl adjacent to an activating group) is 1. The Hall–Kier alpha value is -2.91. The highest BCUT2D eigenvalue weighted by Gasteiger charge is 2.18. The fourth-order valence-corrected chi connectivity index (χ4v) is 2.31. The van der Waals surface area contributed by atoms with Gasteiger partial charge in [-0.3, -0.25) is 9.69 Å². The number of hydrogen-bond acceptors (Lipinski definition) is 4. The van der Waals surface area contributed by atoms with Crippen molar-refractivity contribution in [2.75, 3.05) is 19.5 Å². The lowest BCUT2D eigenvalue weighted by atomic mass is 10.1. The van der Waals surface area contributed by atoms with Crippen LogP contribution in [0.3, 0.4) is 0 Å². The van der Waals surface area contributed by atoms with Crippen LogP contribution in [0.5, 0.6) is 5.75 Å². The number of hydrogen-bond donors (Lipinski definition) is 1. The van der Waals surface area contributed by atoms with Crippen molar-refractivity contribution in [3.05, 3.63) is 59.4 Å². The minimum absolute atomic E-state index is 0.179. The molecule has 0 aliphatic carbocycles. The lowest BCUT2D eigenvalue weighted by Crippen LogP contribution is -2.39. The molecule has 0 aliphatic rings. The van der Waals surface area contributed by atoms with E-state index < -0.39 is 11.9 Å². The molecule has 1 atom stereocenters. The molecule has 0 unspecified atom stereocenters. The van der Waals surface area contributed by atoms with E-state index in [1.165, 1.54) is 13.2 Å². The standard InChI is InChI=1S/C19H20FN3O2/c1-13(19(24)22-16-7-4-14(11-21)5-8-16)23(2)12-15-6-9-18(25-3)17(20)10-15/h4-10,13H,12H2,1-3H3,(H,22,24)/t13-/m1/s1. The summed E-state index contributed by atoms with van der Waals surface area (Å²) in [7, 11) is 3.21. The van der Waals surface area contributed by atoms with Gasteiger partial charge in [0.25, 0.3) is 0 Å². The molecular formula is C19H20FN3O2. The van der Waals surface area contributed by atoms with Crippen molar-refractivity contribution in [3.63, 3.8) is 0 Å². The van der Waals surface area contributed by atoms with Crippen LogP contribution in [0.1, 0.15) is 18.1 Å². The Balaban J connectivity index is 1.98. The summed E-state index contributed by atoms with van der Waals surface area (Å²) in [6.07, 6.45) is 0. The number of benzene rings is 2. The van der Waals surface area contributed by atoms with E-state index in [9.17, 15) is 9.18 Å². The quantitative estimate of drug-likeness (QED) is 0.876. The van der Waals surface area contributed by atoms with Crippen molar-refractivity contribution < 1.29 is 13.9 Å². The highest BCUT2D eigenvalue weighted by Crippen LogP contribution is 2.19. The number of rotatable bonds is 6. The van der Waals surface area contributed by atoms with Crippen molar-refractivity contribution in [1.82, 2.24) is 4.90 Å². The van der Waals surface area contributed by atoms with Crippen molar-refractivity contribution >= 4 is 11.6 Å². The van der Waals surface area contributed by atoms with E-state index in [4.69, 9.17) is 10.00 Å². The van der Waals surface area contributed by atoms with Crippen LogP contribution in [0.4, 0.5) is 10.1 Å². The molecule has 130 valence electrons. The molecular weight excluding hydrogens is 321 g/mol. The third-order valence-corrected chi connectivity index (χ3v) is 3.97. The second kappa shape index (κ2) is 8.27. The number of amides is 1. The molecule has 0 heterocycles. The number of nitrogens with one attached hydrogen (secondary N) is 1. The summed E-state index contributed by atoms with van der Waals surface area (Å²) in [6, 6.07) is 13.0. The van der Waals surface area contributed by atoms with Gasteiger partial charge < -0.3 is 10.1 Å². The molecule has 2 rings (SSSR count). The predicted molar refractivity (Wildman–Crippen MR) is 93.7 cm³/mol. The summed E-state index contributed by atoms with van der Waals surface area (Å²) in [5.74, 6) is -0.415. The molecule has 1 N–H and O–H groups in total. The van der Waals surface area contributed by atoms with Gasteiger partial charge in [-0.2, -0.15) is 5.26 Å². The van der Waals surface area contributed by atoms with E-state index in [1.807, 2.05) is 11.0 Å². The number of nitriles is 1. The van der Waals surface area contributed by atoms with Crippen molar-refractivity contribution in [3.8, 4) is 11.8 Å². The first-order chi connectivity index (χ1) is 11.9. The van der Waals surface area contributed by atoms with E-state index in [2.05, 4.69) is 5.32 Å². The van der Waals surface area contributed by atoms with E-state index in [1.54, 1.807) is 50.4 Å². The topological polar surface area (TPSA) is 65.4 Å². The molecule has 6 heteroatoms. The predicted octanol–water partition coefficient (Wildman–Crippen LogP) is 3.16. The van der Waals surface area contributed by atoms with Crippen LogP contribution in [0.2, 0.25) is 0 Å². The minimum atomic E-state index is -0.428. The summed E-state index contributed by atoms with van der Waals surface area (Å²) in [5.41, 5.74) is 1.91. The molecule has 0 saturated heterocycles. The van der Waals surface area contributed by atoms with Crippen LogP contribution in [0.25, 0.3) is 0 Å². The van der Waals surface area contributed by atoms with Crippen LogP contribution < -0.4 is 10.1 Å². The van der Waals surface area contributed by atoms with Gasteiger partial charge in [-0.05, 0) is 55.9 Å². The first-order valence-electron chi connectivity index (χ1n) is 7.78.